The molecule has 0 aliphatic heterocycles. The molecule has 0 aliphatic carbocycles. The Morgan fingerprint density at radius 3 is 2.80 bits per heavy atom. The third kappa shape index (κ3) is 2.89. The van der Waals surface area contributed by atoms with Gasteiger partial charge in [-0.05, 0) is 23.8 Å². The molecule has 0 radical (unpaired) electrons. The number of aromatic nitrogens is 1. The molecule has 1 heterocycles. The van der Waals surface area contributed by atoms with E-state index in [2.05, 4.69) is 20.9 Å². The first kappa shape index (κ1) is 13.3. The van der Waals surface area contributed by atoms with E-state index in [0.29, 0.717) is 5.01 Å². The van der Waals surface area contributed by atoms with E-state index < -0.39 is 0 Å². The smallest absolute Gasteiger partial charge is 0.367 e. The van der Waals surface area contributed by atoms with Crippen molar-refractivity contribution < 1.29 is 9.53 Å². The van der Waals surface area contributed by atoms with Crippen LogP contribution in [0.15, 0.2) is 53.0 Å². The van der Waals surface area contributed by atoms with Crippen molar-refractivity contribution in [3.8, 4) is 0 Å². The van der Waals surface area contributed by atoms with E-state index >= 15 is 0 Å². The second-order valence-corrected chi connectivity index (χ2v) is 6.14. The average molecular weight is 348 g/mol. The van der Waals surface area contributed by atoms with Gasteiger partial charge < -0.3 is 4.74 Å². The number of carbonyl (C=O) groups excluding carboxylic acids is 1. The Bertz CT molecular complexity index is 755. The zero-order chi connectivity index (χ0) is 13.9. The molecular weight excluding hydrogens is 338 g/mol. The second-order valence-electron chi connectivity index (χ2n) is 4.19. The quantitative estimate of drug-likeness (QED) is 0.658. The van der Waals surface area contributed by atoms with Crippen LogP contribution in [0.5, 0.6) is 0 Å². The minimum absolute atomic E-state index is 0.263. The van der Waals surface area contributed by atoms with Crippen LogP contribution in [-0.4, -0.2) is 11.0 Å². The largest absolute Gasteiger partial charge is 0.455 e. The van der Waals surface area contributed by atoms with Crippen molar-refractivity contribution in [3.63, 3.8) is 0 Å². The van der Waals surface area contributed by atoms with E-state index in [4.69, 9.17) is 4.74 Å². The van der Waals surface area contributed by atoms with E-state index in [1.807, 2.05) is 48.5 Å². The number of ether oxygens (including phenoxy) is 1. The van der Waals surface area contributed by atoms with Crippen molar-refractivity contribution in [2.45, 2.75) is 6.61 Å². The molecule has 20 heavy (non-hydrogen) atoms. The van der Waals surface area contributed by atoms with Crippen molar-refractivity contribution >= 4 is 43.5 Å². The maximum absolute atomic E-state index is 12.0. The average Bonchev–Trinajstić information content (AvgIpc) is 2.89. The predicted molar refractivity (Wildman–Crippen MR) is 82.9 cm³/mol. The summed E-state index contributed by atoms with van der Waals surface area (Å²) in [5.41, 5.74) is 1.76. The Hall–Kier alpha value is -1.72. The SMILES string of the molecule is O=C(OCc1ccccc1)c1nc2cc(Br)ccc2s1. The Labute approximate surface area is 128 Å². The van der Waals surface area contributed by atoms with Gasteiger partial charge in [0.15, 0.2) is 0 Å². The standard InChI is InChI=1S/C15H10BrNO2S/c16-11-6-7-13-12(8-11)17-14(20-13)15(18)19-9-10-4-2-1-3-5-10/h1-8H,9H2. The normalized spacial score (nSPS) is 10.7. The molecule has 0 N–H and O–H groups in total. The van der Waals surface area contributed by atoms with Crippen LogP contribution in [0.2, 0.25) is 0 Å². The Morgan fingerprint density at radius 1 is 1.20 bits per heavy atom. The summed E-state index contributed by atoms with van der Waals surface area (Å²) in [6, 6.07) is 15.4. The molecule has 3 rings (SSSR count). The fourth-order valence-corrected chi connectivity index (χ4v) is 2.96. The number of carbonyl (C=O) groups is 1. The number of rotatable bonds is 3. The summed E-state index contributed by atoms with van der Waals surface area (Å²) in [7, 11) is 0. The fraction of sp³-hybridized carbons (Fsp3) is 0.0667. The Kier molecular flexibility index (Phi) is 3.80. The lowest BCUT2D eigenvalue weighted by molar-refractivity contribution is 0.0472. The lowest BCUT2D eigenvalue weighted by Gasteiger charge is -2.01. The molecule has 0 unspecified atom stereocenters. The van der Waals surface area contributed by atoms with Gasteiger partial charge in [0.2, 0.25) is 5.01 Å². The molecular formula is C15H10BrNO2S. The summed E-state index contributed by atoms with van der Waals surface area (Å²) in [6.07, 6.45) is 0. The Balaban J connectivity index is 1.75. The lowest BCUT2D eigenvalue weighted by Crippen LogP contribution is -2.04. The van der Waals surface area contributed by atoms with E-state index in [1.54, 1.807) is 0 Å². The second kappa shape index (κ2) is 5.73. The fourth-order valence-electron chi connectivity index (χ4n) is 1.77. The molecule has 100 valence electrons. The summed E-state index contributed by atoms with van der Waals surface area (Å²) < 4.78 is 7.19. The van der Waals surface area contributed by atoms with Crippen LogP contribution in [0.25, 0.3) is 10.2 Å². The molecule has 0 spiro atoms. The molecule has 5 heteroatoms. The van der Waals surface area contributed by atoms with E-state index in [-0.39, 0.29) is 12.6 Å². The van der Waals surface area contributed by atoms with E-state index in [9.17, 15) is 4.79 Å². The molecule has 0 amide bonds. The summed E-state index contributed by atoms with van der Waals surface area (Å²) >= 11 is 4.73. The van der Waals surface area contributed by atoms with Gasteiger partial charge in [0.05, 0.1) is 10.2 Å². The molecule has 1 aromatic heterocycles. The van der Waals surface area contributed by atoms with Crippen LogP contribution >= 0.6 is 27.3 Å². The highest BCUT2D eigenvalue weighted by Gasteiger charge is 2.13. The molecule has 0 saturated carbocycles. The van der Waals surface area contributed by atoms with Gasteiger partial charge >= 0.3 is 5.97 Å². The van der Waals surface area contributed by atoms with Crippen LogP contribution in [-0.2, 0) is 11.3 Å². The predicted octanol–water partition coefficient (Wildman–Crippen LogP) is 4.42. The topological polar surface area (TPSA) is 39.2 Å². The molecule has 0 aliphatic rings. The van der Waals surface area contributed by atoms with Gasteiger partial charge in [0.1, 0.15) is 6.61 Å². The Morgan fingerprint density at radius 2 is 2.00 bits per heavy atom. The van der Waals surface area contributed by atoms with Crippen LogP contribution < -0.4 is 0 Å². The van der Waals surface area contributed by atoms with Gasteiger partial charge in [0.25, 0.3) is 0 Å². The van der Waals surface area contributed by atoms with Crippen molar-refractivity contribution in [1.82, 2.24) is 4.98 Å². The van der Waals surface area contributed by atoms with Gasteiger partial charge in [-0.2, -0.15) is 0 Å². The first-order chi connectivity index (χ1) is 9.72. The summed E-state index contributed by atoms with van der Waals surface area (Å²) in [4.78, 5) is 16.3. The number of fused-ring (bicyclic) bond motifs is 1. The maximum atomic E-state index is 12.0. The van der Waals surface area contributed by atoms with Gasteiger partial charge in [-0.25, -0.2) is 9.78 Å². The van der Waals surface area contributed by atoms with E-state index in [0.717, 1.165) is 20.3 Å². The number of benzene rings is 2. The number of hydrogen-bond acceptors (Lipinski definition) is 4. The number of thiazole rings is 1. The zero-order valence-electron chi connectivity index (χ0n) is 10.4. The number of halogens is 1. The van der Waals surface area contributed by atoms with Gasteiger partial charge in [-0.1, -0.05) is 46.3 Å². The minimum atomic E-state index is -0.383. The minimum Gasteiger partial charge on any atom is -0.455 e. The van der Waals surface area contributed by atoms with Crippen LogP contribution in [0.1, 0.15) is 15.4 Å². The molecule has 0 saturated heterocycles. The number of nitrogens with zero attached hydrogens (tertiary/aromatic N) is 1. The van der Waals surface area contributed by atoms with Crippen LogP contribution in [0.4, 0.5) is 0 Å². The zero-order valence-corrected chi connectivity index (χ0v) is 12.8. The van der Waals surface area contributed by atoms with Crippen molar-refractivity contribution in [2.75, 3.05) is 0 Å². The highest BCUT2D eigenvalue weighted by molar-refractivity contribution is 9.10. The highest BCUT2D eigenvalue weighted by Crippen LogP contribution is 2.25. The summed E-state index contributed by atoms with van der Waals surface area (Å²) in [5, 5.41) is 0.383. The van der Waals surface area contributed by atoms with Crippen molar-refractivity contribution in [3.05, 3.63) is 63.6 Å². The van der Waals surface area contributed by atoms with Crippen LogP contribution in [0.3, 0.4) is 0 Å². The van der Waals surface area contributed by atoms with Gasteiger partial charge in [-0.15, -0.1) is 11.3 Å². The molecule has 3 aromatic rings. The monoisotopic (exact) mass is 347 g/mol. The first-order valence-corrected chi connectivity index (χ1v) is 7.60. The molecule has 0 fully saturated rings. The number of hydrogen-bond donors (Lipinski definition) is 0. The molecule has 0 bridgehead atoms. The lowest BCUT2D eigenvalue weighted by atomic mass is 10.2. The van der Waals surface area contributed by atoms with Crippen molar-refractivity contribution in [1.29, 1.82) is 0 Å². The van der Waals surface area contributed by atoms with Gasteiger partial charge in [0, 0.05) is 4.47 Å². The third-order valence-corrected chi connectivity index (χ3v) is 4.25. The van der Waals surface area contributed by atoms with Crippen LogP contribution in [0, 0.1) is 0 Å². The molecule has 3 nitrogen and oxygen atoms in total. The van der Waals surface area contributed by atoms with Gasteiger partial charge in [-0.3, -0.25) is 0 Å². The molecule has 2 aromatic carbocycles. The summed E-state index contributed by atoms with van der Waals surface area (Å²) in [6.45, 7) is 0.263. The van der Waals surface area contributed by atoms with E-state index in [1.165, 1.54) is 11.3 Å². The third-order valence-electron chi connectivity index (χ3n) is 2.74. The van der Waals surface area contributed by atoms with Crippen molar-refractivity contribution in [2.24, 2.45) is 0 Å². The maximum Gasteiger partial charge on any atom is 0.367 e. The summed E-state index contributed by atoms with van der Waals surface area (Å²) in [5.74, 6) is -0.383. The highest BCUT2D eigenvalue weighted by atomic mass is 79.9. The molecule has 0 atom stereocenters. The first-order valence-electron chi connectivity index (χ1n) is 5.99. The number of esters is 1.